The summed E-state index contributed by atoms with van der Waals surface area (Å²) in [5.41, 5.74) is 0.877. The van der Waals surface area contributed by atoms with E-state index in [2.05, 4.69) is 10.3 Å². The molecule has 5 rings (SSSR count). The number of amides is 2. The lowest BCUT2D eigenvalue weighted by atomic mass is 9.91. The van der Waals surface area contributed by atoms with E-state index in [1.807, 2.05) is 47.9 Å². The Hall–Kier alpha value is -3.55. The van der Waals surface area contributed by atoms with Crippen LogP contribution in [0.2, 0.25) is 0 Å². The van der Waals surface area contributed by atoms with Crippen molar-refractivity contribution in [3.63, 3.8) is 0 Å². The van der Waals surface area contributed by atoms with Crippen LogP contribution in [0.4, 0.5) is 0 Å². The first-order chi connectivity index (χ1) is 17.0. The minimum absolute atomic E-state index is 0.136. The quantitative estimate of drug-likeness (QED) is 0.583. The highest BCUT2D eigenvalue weighted by molar-refractivity contribution is 6.05. The van der Waals surface area contributed by atoms with Gasteiger partial charge in [0.25, 0.3) is 5.91 Å². The molecule has 3 aromatic rings. The van der Waals surface area contributed by atoms with Gasteiger partial charge in [-0.15, -0.1) is 0 Å². The van der Waals surface area contributed by atoms with Crippen molar-refractivity contribution in [1.29, 1.82) is 0 Å². The predicted octanol–water partition coefficient (Wildman–Crippen LogP) is 3.92. The first-order valence-corrected chi connectivity index (χ1v) is 12.2. The molecule has 1 N–H and O–H groups in total. The smallest absolute Gasteiger partial charge is 0.271 e. The van der Waals surface area contributed by atoms with Gasteiger partial charge in [-0.3, -0.25) is 14.6 Å². The number of benzene rings is 1. The average Bonchev–Trinajstić information content (AvgIpc) is 3.26. The van der Waals surface area contributed by atoms with Gasteiger partial charge in [0.1, 0.15) is 22.7 Å². The molecule has 1 aliphatic carbocycles. The molecule has 8 nitrogen and oxygen atoms in total. The van der Waals surface area contributed by atoms with Gasteiger partial charge < -0.3 is 24.3 Å². The third kappa shape index (κ3) is 4.00. The fourth-order valence-corrected chi connectivity index (χ4v) is 5.44. The van der Waals surface area contributed by atoms with Crippen LogP contribution in [-0.4, -0.2) is 52.1 Å². The molecule has 0 saturated heterocycles. The number of methoxy groups -OCH3 is 2. The molecule has 1 atom stereocenters. The van der Waals surface area contributed by atoms with E-state index in [-0.39, 0.29) is 24.4 Å². The summed E-state index contributed by atoms with van der Waals surface area (Å²) in [6.07, 6.45) is 7.07. The molecule has 35 heavy (non-hydrogen) atoms. The zero-order valence-corrected chi connectivity index (χ0v) is 20.5. The van der Waals surface area contributed by atoms with Crippen LogP contribution in [0.25, 0.3) is 10.9 Å². The van der Waals surface area contributed by atoms with Crippen molar-refractivity contribution in [3.05, 3.63) is 54.0 Å². The molecule has 8 heteroatoms. The van der Waals surface area contributed by atoms with Gasteiger partial charge in [0.2, 0.25) is 5.91 Å². The summed E-state index contributed by atoms with van der Waals surface area (Å²) >= 11 is 0. The summed E-state index contributed by atoms with van der Waals surface area (Å²) in [6, 6.07) is 11.2. The van der Waals surface area contributed by atoms with E-state index in [4.69, 9.17) is 9.47 Å². The Morgan fingerprint density at radius 3 is 2.54 bits per heavy atom. The highest BCUT2D eigenvalue weighted by atomic mass is 16.5. The second-order valence-corrected chi connectivity index (χ2v) is 9.64. The van der Waals surface area contributed by atoms with Crippen molar-refractivity contribution in [2.24, 2.45) is 0 Å². The summed E-state index contributed by atoms with van der Waals surface area (Å²) in [5.74, 6) is 0.930. The fourth-order valence-electron chi connectivity index (χ4n) is 5.44. The monoisotopic (exact) mass is 476 g/mol. The third-order valence-corrected chi connectivity index (χ3v) is 7.42. The van der Waals surface area contributed by atoms with Gasteiger partial charge in [0.05, 0.1) is 38.5 Å². The van der Waals surface area contributed by atoms with Crippen molar-refractivity contribution in [3.8, 4) is 11.5 Å². The van der Waals surface area contributed by atoms with Crippen LogP contribution >= 0.6 is 0 Å². The largest absolute Gasteiger partial charge is 0.496 e. The van der Waals surface area contributed by atoms with Gasteiger partial charge >= 0.3 is 0 Å². The van der Waals surface area contributed by atoms with Crippen molar-refractivity contribution >= 4 is 22.7 Å². The molecule has 1 aromatic carbocycles. The maximum Gasteiger partial charge on any atom is 0.271 e. The topological polar surface area (TPSA) is 85.7 Å². The molecule has 0 spiro atoms. The number of carbonyl (C=O) groups is 2. The zero-order valence-electron chi connectivity index (χ0n) is 20.5. The second-order valence-electron chi connectivity index (χ2n) is 9.64. The molecule has 1 fully saturated rings. The number of hydrogen-bond donors (Lipinski definition) is 1. The Kier molecular flexibility index (Phi) is 6.13. The molecule has 0 unspecified atom stereocenters. The molecule has 1 saturated carbocycles. The van der Waals surface area contributed by atoms with E-state index in [0.29, 0.717) is 23.7 Å². The second kappa shape index (κ2) is 9.24. The van der Waals surface area contributed by atoms with Gasteiger partial charge in [0.15, 0.2) is 0 Å². The zero-order chi connectivity index (χ0) is 24.6. The van der Waals surface area contributed by atoms with E-state index < -0.39 is 5.54 Å². The molecule has 0 bridgehead atoms. The molecule has 0 radical (unpaired) electrons. The molecular formula is C27H32N4O4. The first kappa shape index (κ1) is 23.2. The Morgan fingerprint density at radius 1 is 1.11 bits per heavy atom. The number of aromatic nitrogens is 2. The lowest BCUT2D eigenvalue weighted by Crippen LogP contribution is -2.64. The van der Waals surface area contributed by atoms with Gasteiger partial charge in [-0.2, -0.15) is 0 Å². The highest BCUT2D eigenvalue weighted by Crippen LogP contribution is 2.40. The standard InChI is InChI=1S/C27H32N4O4/c1-27(26(33)29-18-9-5-4-6-10-18)17-30-21(25(32)31(27)16-19-11-7-8-14-28-19)15-20-22(34-2)12-13-23(35-3)24(20)30/h7-8,11-15,18H,4-6,9-10,16-17H2,1-3H3,(H,29,33)/t27-/m1/s1. The summed E-state index contributed by atoms with van der Waals surface area (Å²) in [5, 5.41) is 4.05. The number of hydrogen-bond acceptors (Lipinski definition) is 5. The van der Waals surface area contributed by atoms with Crippen LogP contribution in [0.3, 0.4) is 0 Å². The number of nitrogens with zero attached hydrogens (tertiary/aromatic N) is 3. The number of fused-ring (bicyclic) bond motifs is 3. The molecular weight excluding hydrogens is 444 g/mol. The van der Waals surface area contributed by atoms with Crippen LogP contribution < -0.4 is 14.8 Å². The lowest BCUT2D eigenvalue weighted by molar-refractivity contribution is -0.134. The van der Waals surface area contributed by atoms with Gasteiger partial charge in [0, 0.05) is 17.6 Å². The number of ether oxygens (including phenoxy) is 2. The predicted molar refractivity (Wildman–Crippen MR) is 133 cm³/mol. The summed E-state index contributed by atoms with van der Waals surface area (Å²) in [4.78, 5) is 34.0. The van der Waals surface area contributed by atoms with Crippen LogP contribution in [0.15, 0.2) is 42.6 Å². The number of rotatable bonds is 6. The Morgan fingerprint density at radius 2 is 1.86 bits per heavy atom. The maximum absolute atomic E-state index is 14.0. The first-order valence-electron chi connectivity index (χ1n) is 12.2. The van der Waals surface area contributed by atoms with E-state index in [9.17, 15) is 9.59 Å². The third-order valence-electron chi connectivity index (χ3n) is 7.42. The lowest BCUT2D eigenvalue weighted by Gasteiger charge is -2.44. The molecule has 2 aliphatic rings. The highest BCUT2D eigenvalue weighted by Gasteiger charge is 2.48. The van der Waals surface area contributed by atoms with E-state index in [1.54, 1.807) is 25.3 Å². The maximum atomic E-state index is 14.0. The van der Waals surface area contributed by atoms with E-state index in [0.717, 1.165) is 42.3 Å². The summed E-state index contributed by atoms with van der Waals surface area (Å²) in [7, 11) is 3.21. The molecule has 2 aromatic heterocycles. The summed E-state index contributed by atoms with van der Waals surface area (Å²) in [6.45, 7) is 2.39. The van der Waals surface area contributed by atoms with Crippen molar-refractivity contribution in [1.82, 2.24) is 19.8 Å². The van der Waals surface area contributed by atoms with Crippen LogP contribution in [0.1, 0.15) is 55.2 Å². The fraction of sp³-hybridized carbons (Fsp3) is 0.444. The van der Waals surface area contributed by atoms with Crippen LogP contribution in [0, 0.1) is 0 Å². The van der Waals surface area contributed by atoms with Crippen molar-refractivity contribution < 1.29 is 19.1 Å². The van der Waals surface area contributed by atoms with Crippen LogP contribution in [0.5, 0.6) is 11.5 Å². The van der Waals surface area contributed by atoms with Gasteiger partial charge in [-0.05, 0) is 50.1 Å². The Labute approximate surface area is 205 Å². The van der Waals surface area contributed by atoms with E-state index in [1.165, 1.54) is 6.42 Å². The van der Waals surface area contributed by atoms with E-state index >= 15 is 0 Å². The molecule has 1 aliphatic heterocycles. The van der Waals surface area contributed by atoms with Crippen molar-refractivity contribution in [2.75, 3.05) is 14.2 Å². The SMILES string of the molecule is COc1ccc(OC)c2c1cc1n2C[C@](C)(C(=O)NC2CCCCC2)N(Cc2ccccn2)C1=O. The molecule has 2 amide bonds. The van der Waals surface area contributed by atoms with Gasteiger partial charge in [-0.25, -0.2) is 0 Å². The minimum atomic E-state index is -1.11. The normalized spacial score (nSPS) is 20.5. The average molecular weight is 477 g/mol. The molecule has 3 heterocycles. The van der Waals surface area contributed by atoms with Gasteiger partial charge in [-0.1, -0.05) is 25.3 Å². The van der Waals surface area contributed by atoms with Crippen LogP contribution in [-0.2, 0) is 17.9 Å². The Balaban J connectivity index is 1.62. The molecule has 184 valence electrons. The number of nitrogens with one attached hydrogen (secondary N) is 1. The summed E-state index contributed by atoms with van der Waals surface area (Å²) < 4.78 is 13.1. The number of carbonyl (C=O) groups excluding carboxylic acids is 2. The minimum Gasteiger partial charge on any atom is -0.496 e. The Bertz CT molecular complexity index is 1250. The van der Waals surface area contributed by atoms with Crippen molar-refractivity contribution in [2.45, 2.75) is 63.7 Å². The number of pyridine rings is 1.